The van der Waals surface area contributed by atoms with Crippen LogP contribution in [-0.2, 0) is 0 Å². The number of nitrogens with zero attached hydrogens (tertiary/aromatic N) is 5. The summed E-state index contributed by atoms with van der Waals surface area (Å²) in [6, 6.07) is 54.5. The van der Waals surface area contributed by atoms with Crippen molar-refractivity contribution in [2.24, 2.45) is 0 Å². The van der Waals surface area contributed by atoms with E-state index in [2.05, 4.69) is 54.6 Å². The Hall–Kier alpha value is -7.97. The molecule has 57 heavy (non-hydrogen) atoms. The lowest BCUT2D eigenvalue weighted by atomic mass is 10.0. The number of rotatable bonds is 5. The quantitative estimate of drug-likeness (QED) is 0.172. The Labute approximate surface area is 323 Å². The molecule has 12 rings (SSSR count). The molecule has 12 aromatic rings. The monoisotopic (exact) mass is 733 g/mol. The number of hydrogen-bond acceptors (Lipinski definition) is 8. The fourth-order valence-corrected chi connectivity index (χ4v) is 7.82. The van der Waals surface area contributed by atoms with Gasteiger partial charge in [0.15, 0.2) is 28.6 Å². The third kappa shape index (κ3) is 5.12. The van der Waals surface area contributed by atoms with E-state index in [1.165, 1.54) is 0 Å². The van der Waals surface area contributed by atoms with E-state index in [1.54, 1.807) is 0 Å². The van der Waals surface area contributed by atoms with Gasteiger partial charge in [-0.15, -0.1) is 0 Å². The van der Waals surface area contributed by atoms with E-state index in [0.717, 1.165) is 82.3 Å². The highest BCUT2D eigenvalue weighted by molar-refractivity contribution is 6.25. The van der Waals surface area contributed by atoms with Crippen molar-refractivity contribution in [3.8, 4) is 57.1 Å². The van der Waals surface area contributed by atoms with Gasteiger partial charge in [0.2, 0.25) is 11.8 Å². The molecule has 8 nitrogen and oxygen atoms in total. The predicted molar refractivity (Wildman–Crippen MR) is 224 cm³/mol. The first-order valence-electron chi connectivity index (χ1n) is 18.7. The highest BCUT2D eigenvalue weighted by Crippen LogP contribution is 2.41. The topological polar surface area (TPSA) is 104 Å². The summed E-state index contributed by atoms with van der Waals surface area (Å²) in [5.74, 6) is 2.64. The van der Waals surface area contributed by atoms with Crippen LogP contribution in [0.15, 0.2) is 177 Å². The highest BCUT2D eigenvalue weighted by Gasteiger charge is 2.21. The molecule has 8 heteroatoms. The van der Waals surface area contributed by atoms with Crippen LogP contribution in [0.2, 0.25) is 0 Å². The van der Waals surface area contributed by atoms with Crippen molar-refractivity contribution < 1.29 is 13.3 Å². The van der Waals surface area contributed by atoms with Crippen LogP contribution in [0.25, 0.3) is 123 Å². The molecular formula is C49H27N5O3. The van der Waals surface area contributed by atoms with E-state index < -0.39 is 0 Å². The van der Waals surface area contributed by atoms with E-state index in [4.69, 9.17) is 38.2 Å². The molecule has 0 atom stereocenters. The Morgan fingerprint density at radius 2 is 0.965 bits per heavy atom. The van der Waals surface area contributed by atoms with Gasteiger partial charge >= 0.3 is 0 Å². The third-order valence-electron chi connectivity index (χ3n) is 10.6. The van der Waals surface area contributed by atoms with Crippen LogP contribution in [0.1, 0.15) is 0 Å². The summed E-state index contributed by atoms with van der Waals surface area (Å²) in [7, 11) is 0. The maximum Gasteiger partial charge on any atom is 0.227 e. The first-order valence-corrected chi connectivity index (χ1v) is 18.7. The minimum absolute atomic E-state index is 0.481. The van der Waals surface area contributed by atoms with Crippen molar-refractivity contribution in [3.05, 3.63) is 164 Å². The summed E-state index contributed by atoms with van der Waals surface area (Å²) < 4.78 is 19.2. The van der Waals surface area contributed by atoms with Gasteiger partial charge in [0.25, 0.3) is 0 Å². The average molecular weight is 734 g/mol. The van der Waals surface area contributed by atoms with Crippen LogP contribution >= 0.6 is 0 Å². The van der Waals surface area contributed by atoms with Crippen LogP contribution in [0.3, 0.4) is 0 Å². The average Bonchev–Trinajstić information content (AvgIpc) is 4.02. The Bertz CT molecular complexity index is 3530. The van der Waals surface area contributed by atoms with E-state index >= 15 is 0 Å². The molecule has 266 valence electrons. The van der Waals surface area contributed by atoms with Gasteiger partial charge in [0, 0.05) is 27.6 Å². The highest BCUT2D eigenvalue weighted by atomic mass is 16.4. The number of benzene rings is 8. The van der Waals surface area contributed by atoms with Gasteiger partial charge in [0.1, 0.15) is 22.2 Å². The van der Waals surface area contributed by atoms with Gasteiger partial charge in [-0.3, -0.25) is 0 Å². The zero-order chi connectivity index (χ0) is 37.5. The molecule has 0 amide bonds. The molecule has 0 spiro atoms. The van der Waals surface area contributed by atoms with Crippen molar-refractivity contribution >= 4 is 65.7 Å². The SMILES string of the molecule is c1ccc(-c2nc3c(ccc4oc5ccc6ccc(-c7nc(-c8ccc9ccccc9c8)nc(-c8cccc9nc(-c%10ccccc%10)oc89)n7)cc6c5c43)o2)cc1. The Morgan fingerprint density at radius 3 is 1.75 bits per heavy atom. The lowest BCUT2D eigenvalue weighted by Crippen LogP contribution is -2.00. The minimum Gasteiger partial charge on any atom is -0.456 e. The summed E-state index contributed by atoms with van der Waals surface area (Å²) >= 11 is 0. The van der Waals surface area contributed by atoms with Gasteiger partial charge in [-0.25, -0.2) is 24.9 Å². The second kappa shape index (κ2) is 12.3. The summed E-state index contributed by atoms with van der Waals surface area (Å²) in [6.45, 7) is 0. The van der Waals surface area contributed by atoms with Crippen LogP contribution in [0.4, 0.5) is 0 Å². The first kappa shape index (κ1) is 31.4. The molecule has 0 unspecified atom stereocenters. The molecule has 0 aliphatic heterocycles. The van der Waals surface area contributed by atoms with Gasteiger partial charge < -0.3 is 13.3 Å². The fourth-order valence-electron chi connectivity index (χ4n) is 7.82. The van der Waals surface area contributed by atoms with Gasteiger partial charge in [-0.05, 0) is 88.3 Å². The first-order chi connectivity index (χ1) is 28.2. The molecular weight excluding hydrogens is 707 g/mol. The molecule has 0 N–H and O–H groups in total. The van der Waals surface area contributed by atoms with Crippen molar-refractivity contribution in [2.45, 2.75) is 0 Å². The lowest BCUT2D eigenvalue weighted by Gasteiger charge is -2.10. The molecule has 0 radical (unpaired) electrons. The molecule has 4 aromatic heterocycles. The maximum absolute atomic E-state index is 6.46. The molecule has 0 aliphatic rings. The largest absolute Gasteiger partial charge is 0.456 e. The molecule has 0 saturated heterocycles. The van der Waals surface area contributed by atoms with Crippen molar-refractivity contribution in [1.29, 1.82) is 0 Å². The zero-order valence-corrected chi connectivity index (χ0v) is 30.0. The number of furan rings is 1. The van der Waals surface area contributed by atoms with E-state index in [0.29, 0.717) is 40.4 Å². The number of oxazole rings is 2. The number of fused-ring (bicyclic) bond motifs is 9. The predicted octanol–water partition coefficient (Wildman–Crippen LogP) is 12.7. The fraction of sp³-hybridized carbons (Fsp3) is 0. The second-order valence-corrected chi connectivity index (χ2v) is 14.1. The Balaban J connectivity index is 1.08. The number of aromatic nitrogens is 5. The van der Waals surface area contributed by atoms with E-state index in [-0.39, 0.29) is 0 Å². The van der Waals surface area contributed by atoms with E-state index in [1.807, 2.05) is 109 Å². The van der Waals surface area contributed by atoms with Crippen LogP contribution < -0.4 is 0 Å². The summed E-state index contributed by atoms with van der Waals surface area (Å²) in [4.78, 5) is 25.2. The third-order valence-corrected chi connectivity index (χ3v) is 10.6. The van der Waals surface area contributed by atoms with Crippen LogP contribution in [0.5, 0.6) is 0 Å². The van der Waals surface area contributed by atoms with Crippen molar-refractivity contribution in [1.82, 2.24) is 24.9 Å². The smallest absolute Gasteiger partial charge is 0.227 e. The minimum atomic E-state index is 0.481. The van der Waals surface area contributed by atoms with Crippen molar-refractivity contribution in [3.63, 3.8) is 0 Å². The van der Waals surface area contributed by atoms with Gasteiger partial charge in [0.05, 0.1) is 10.9 Å². The van der Waals surface area contributed by atoms with E-state index in [9.17, 15) is 0 Å². The zero-order valence-electron chi connectivity index (χ0n) is 30.0. The number of hydrogen-bond donors (Lipinski definition) is 0. The lowest BCUT2D eigenvalue weighted by molar-refractivity contribution is 0.619. The second-order valence-electron chi connectivity index (χ2n) is 14.1. The summed E-state index contributed by atoms with van der Waals surface area (Å²) in [5, 5.41) is 6.11. The normalized spacial score (nSPS) is 11.9. The Kier molecular flexibility index (Phi) is 6.76. The molecule has 0 bridgehead atoms. The van der Waals surface area contributed by atoms with Crippen LogP contribution in [-0.4, -0.2) is 24.9 Å². The van der Waals surface area contributed by atoms with Crippen molar-refractivity contribution in [2.75, 3.05) is 0 Å². The molecule has 4 heterocycles. The summed E-state index contributed by atoms with van der Waals surface area (Å²) in [5.41, 5.74) is 8.47. The summed E-state index contributed by atoms with van der Waals surface area (Å²) in [6.07, 6.45) is 0. The molecule has 0 saturated carbocycles. The Morgan fingerprint density at radius 1 is 0.351 bits per heavy atom. The van der Waals surface area contributed by atoms with Crippen LogP contribution in [0, 0.1) is 0 Å². The molecule has 0 fully saturated rings. The standard InChI is InChI=1S/C49H27N5O3/c1-3-11-30(12-4-1)48-50-37-17-9-16-35(44(37)57-48)47-53-45(33-20-18-28-10-7-8-15-32(28)26-33)52-46(54-47)34-21-19-29-22-23-38-41(36(29)27-34)42-39(55-38)24-25-40-43(42)51-49(56-40)31-13-5-2-6-14-31/h1-27H. The van der Waals surface area contributed by atoms with Gasteiger partial charge in [-0.2, -0.15) is 0 Å². The van der Waals surface area contributed by atoms with Gasteiger partial charge in [-0.1, -0.05) is 97.1 Å². The molecule has 8 aromatic carbocycles. The molecule has 0 aliphatic carbocycles. The maximum atomic E-state index is 6.46. The number of para-hydroxylation sites is 1.